The summed E-state index contributed by atoms with van der Waals surface area (Å²) >= 11 is 0. The van der Waals surface area contributed by atoms with E-state index in [0.29, 0.717) is 5.69 Å². The van der Waals surface area contributed by atoms with E-state index < -0.39 is 4.92 Å². The first-order valence-electron chi connectivity index (χ1n) is 3.03. The van der Waals surface area contributed by atoms with E-state index in [1.54, 1.807) is 6.92 Å². The monoisotopic (exact) mass is 240 g/mol. The summed E-state index contributed by atoms with van der Waals surface area (Å²) in [6.07, 6.45) is 0. The number of nitrogen functional groups attached to an aromatic ring is 1. The Labute approximate surface area is 95.2 Å². The smallest absolute Gasteiger partial charge is 0.164 e. The number of nitrogens with zero attached hydrogens (tertiary/aromatic N) is 1. The van der Waals surface area contributed by atoms with Crippen LogP contribution in [0, 0.1) is 23.1 Å². The summed E-state index contributed by atoms with van der Waals surface area (Å²) in [7, 11) is 0. The third kappa shape index (κ3) is 2.53. The Morgan fingerprint density at radius 2 is 2.25 bits per heavy atom. The Balaban J connectivity index is 0.00000121. The van der Waals surface area contributed by atoms with Crippen LogP contribution >= 0.6 is 0 Å². The van der Waals surface area contributed by atoms with Crippen LogP contribution in [-0.2, 0) is 32.7 Å². The summed E-state index contributed by atoms with van der Waals surface area (Å²) in [5.41, 5.74) is 6.57. The maximum absolute atomic E-state index is 10.2. The second kappa shape index (κ2) is 4.53. The average Bonchev–Trinajstić information content (AvgIpc) is 1.94. The van der Waals surface area contributed by atoms with Crippen molar-refractivity contribution in [2.75, 3.05) is 5.73 Å². The molecule has 2 N–H and O–H groups in total. The van der Waals surface area contributed by atoms with Gasteiger partial charge in [-0.25, -0.2) is 0 Å². The molecule has 0 aromatic heterocycles. The molecule has 0 aliphatic heterocycles. The number of hydrogen-bond acceptors (Lipinski definition) is 3. The third-order valence-electron chi connectivity index (χ3n) is 1.38. The average molecular weight is 240 g/mol. The summed E-state index contributed by atoms with van der Waals surface area (Å²) in [6.45, 7) is 1.77. The van der Waals surface area contributed by atoms with E-state index in [2.05, 4.69) is 6.07 Å². The number of non-ortho nitro benzene ring substituents is 1. The first kappa shape index (κ1) is 11.5. The molecule has 0 aliphatic carbocycles. The van der Waals surface area contributed by atoms with Crippen molar-refractivity contribution < 1.29 is 37.6 Å². The van der Waals surface area contributed by atoms with Gasteiger partial charge < -0.3 is 5.73 Å². The predicted molar refractivity (Wildman–Crippen MR) is 41.1 cm³/mol. The van der Waals surface area contributed by atoms with Gasteiger partial charge in [-0.3, -0.25) is 10.1 Å². The Morgan fingerprint density at radius 1 is 1.67 bits per heavy atom. The number of aryl methyl sites for hydroxylation is 1. The fraction of sp³-hybridized carbons (Fsp3) is 0.143. The summed E-state index contributed by atoms with van der Waals surface area (Å²) in [5, 5.41) is 10.2. The first-order chi connectivity index (χ1) is 5.11. The number of nitro benzene ring substituents is 1. The molecule has 12 heavy (non-hydrogen) atoms. The molecule has 0 spiro atoms. The minimum atomic E-state index is -0.518. The van der Waals surface area contributed by atoms with Crippen LogP contribution in [0.2, 0.25) is 0 Å². The predicted octanol–water partition coefficient (Wildman–Crippen LogP) is 1.28. The van der Waals surface area contributed by atoms with Crippen LogP contribution in [0.1, 0.15) is 5.56 Å². The van der Waals surface area contributed by atoms with Crippen LogP contribution in [0.5, 0.6) is 0 Å². The van der Waals surface area contributed by atoms with Crippen LogP contribution in [0.3, 0.4) is 0 Å². The molecule has 1 rings (SSSR count). The van der Waals surface area contributed by atoms with Crippen molar-refractivity contribution in [3.05, 3.63) is 33.9 Å². The van der Waals surface area contributed by atoms with Gasteiger partial charge in [-0.15, -0.1) is 11.6 Å². The fourth-order valence-corrected chi connectivity index (χ4v) is 0.674. The molecule has 0 amide bonds. The van der Waals surface area contributed by atoms with Crippen molar-refractivity contribution in [3.8, 4) is 0 Å². The van der Waals surface area contributed by atoms with Crippen molar-refractivity contribution in [1.82, 2.24) is 0 Å². The maximum Gasteiger partial charge on any atom is 0.164 e. The molecule has 0 aliphatic rings. The topological polar surface area (TPSA) is 69.2 Å². The van der Waals surface area contributed by atoms with Gasteiger partial charge in [-0.05, 0) is 0 Å². The van der Waals surface area contributed by atoms with Crippen molar-refractivity contribution >= 4 is 11.4 Å². The summed E-state index contributed by atoms with van der Waals surface area (Å²) in [6, 6.07) is 5.31. The van der Waals surface area contributed by atoms with E-state index in [1.165, 1.54) is 12.1 Å². The number of rotatable bonds is 1. The van der Waals surface area contributed by atoms with Crippen LogP contribution < -0.4 is 5.73 Å². The van der Waals surface area contributed by atoms with Crippen molar-refractivity contribution in [2.24, 2.45) is 0 Å². The number of benzene rings is 1. The first-order valence-corrected chi connectivity index (χ1v) is 3.03. The largest absolute Gasteiger partial charge is 0.419 e. The van der Waals surface area contributed by atoms with Gasteiger partial charge in [0, 0.05) is 37.6 Å². The third-order valence-corrected chi connectivity index (χ3v) is 1.38. The van der Waals surface area contributed by atoms with Crippen LogP contribution in [0.15, 0.2) is 12.1 Å². The molecule has 0 saturated carbocycles. The molecule has 0 heterocycles. The SMILES string of the molecule is Cc1c[c-]c([N+](=O)[O-])cc1N.[Y]. The zero-order valence-corrected chi connectivity index (χ0v) is 9.41. The normalized spacial score (nSPS) is 8.75. The van der Waals surface area contributed by atoms with Crippen LogP contribution in [-0.4, -0.2) is 4.92 Å². The minimum absolute atomic E-state index is 0. The van der Waals surface area contributed by atoms with Crippen molar-refractivity contribution in [2.45, 2.75) is 6.92 Å². The molecule has 1 radical (unpaired) electrons. The number of nitro groups is 1. The molecule has 4 nitrogen and oxygen atoms in total. The number of anilines is 1. The van der Waals surface area contributed by atoms with Crippen molar-refractivity contribution in [3.63, 3.8) is 0 Å². The molecule has 1 aromatic carbocycles. The zero-order chi connectivity index (χ0) is 8.43. The fourth-order valence-electron chi connectivity index (χ4n) is 0.674. The van der Waals surface area contributed by atoms with Crippen LogP contribution in [0.4, 0.5) is 11.4 Å². The summed E-state index contributed by atoms with van der Waals surface area (Å²) in [4.78, 5) is 9.67. The molecule has 0 bridgehead atoms. The number of hydrogen-bond donors (Lipinski definition) is 1. The van der Waals surface area contributed by atoms with Gasteiger partial charge >= 0.3 is 0 Å². The standard InChI is InChI=1S/C7H7N2O2.Y/c1-5-2-3-6(9(10)11)4-7(5)8;/h2,4H,8H2,1H3;/q-1;. The number of nitrogens with two attached hydrogens (primary N) is 1. The Hall–Kier alpha value is -0.476. The van der Waals surface area contributed by atoms with E-state index in [1.807, 2.05) is 0 Å². The zero-order valence-electron chi connectivity index (χ0n) is 6.57. The molecule has 61 valence electrons. The second-order valence-corrected chi connectivity index (χ2v) is 2.21. The molecule has 1 aromatic rings. The molecule has 0 atom stereocenters. The molecule has 5 heteroatoms. The maximum atomic E-state index is 10.2. The van der Waals surface area contributed by atoms with Crippen LogP contribution in [0.25, 0.3) is 0 Å². The molecule has 0 fully saturated rings. The van der Waals surface area contributed by atoms with Crippen molar-refractivity contribution in [1.29, 1.82) is 0 Å². The quantitative estimate of drug-likeness (QED) is 0.348. The van der Waals surface area contributed by atoms with Gasteiger partial charge in [0.15, 0.2) is 5.69 Å². The van der Waals surface area contributed by atoms with Gasteiger partial charge in [-0.2, -0.15) is 6.07 Å². The molecular weight excluding hydrogens is 233 g/mol. The Bertz CT molecular complexity index is 301. The Morgan fingerprint density at radius 3 is 2.67 bits per heavy atom. The minimum Gasteiger partial charge on any atom is -0.419 e. The van der Waals surface area contributed by atoms with E-state index >= 15 is 0 Å². The van der Waals surface area contributed by atoms with Gasteiger partial charge in [0.25, 0.3) is 0 Å². The van der Waals surface area contributed by atoms with E-state index in [0.717, 1.165) is 5.56 Å². The summed E-state index contributed by atoms with van der Waals surface area (Å²) < 4.78 is 0. The van der Waals surface area contributed by atoms with Gasteiger partial charge in [0.1, 0.15) is 0 Å². The van der Waals surface area contributed by atoms with Gasteiger partial charge in [-0.1, -0.05) is 18.7 Å². The summed E-state index contributed by atoms with van der Waals surface area (Å²) in [5.74, 6) is 0. The van der Waals surface area contributed by atoms with E-state index in [4.69, 9.17) is 5.73 Å². The van der Waals surface area contributed by atoms with Gasteiger partial charge in [0.2, 0.25) is 0 Å². The van der Waals surface area contributed by atoms with Gasteiger partial charge in [0.05, 0.1) is 0 Å². The van der Waals surface area contributed by atoms with E-state index in [-0.39, 0.29) is 38.4 Å². The molecule has 0 saturated heterocycles. The molecule has 0 unspecified atom stereocenters. The molecular formula is C7H7N2O2Y-. The second-order valence-electron chi connectivity index (χ2n) is 2.21. The van der Waals surface area contributed by atoms with E-state index in [9.17, 15) is 10.1 Å². The Kier molecular flexibility index (Phi) is 4.35.